The topological polar surface area (TPSA) is 69.1 Å². The van der Waals surface area contributed by atoms with Crippen LogP contribution in [-0.4, -0.2) is 5.78 Å². The van der Waals surface area contributed by atoms with Gasteiger partial charge in [0.25, 0.3) is 0 Å². The van der Waals surface area contributed by atoms with Gasteiger partial charge in [-0.1, -0.05) is 30.8 Å². The number of nitrogens with two attached hydrogens (primary N) is 2. The van der Waals surface area contributed by atoms with E-state index in [0.29, 0.717) is 16.8 Å². The van der Waals surface area contributed by atoms with Gasteiger partial charge >= 0.3 is 0 Å². The Morgan fingerprint density at radius 3 is 2.37 bits per heavy atom. The van der Waals surface area contributed by atoms with E-state index in [2.05, 4.69) is 6.58 Å². The molecule has 0 radical (unpaired) electrons. The number of rotatable bonds is 1. The van der Waals surface area contributed by atoms with E-state index in [4.69, 9.17) is 10.9 Å². The summed E-state index contributed by atoms with van der Waals surface area (Å²) in [5.41, 5.74) is 9.99. The molecule has 0 saturated heterocycles. The molecule has 0 heterocycles. The summed E-state index contributed by atoms with van der Waals surface area (Å²) >= 11 is 1.10. The molecule has 0 unspecified atom stereocenters. The average molecular weight is 268 g/mol. The Morgan fingerprint density at radius 1 is 1.00 bits per heavy atom. The van der Waals surface area contributed by atoms with Gasteiger partial charge in [0.2, 0.25) is 0 Å². The van der Waals surface area contributed by atoms with Crippen molar-refractivity contribution in [2.45, 2.75) is 4.90 Å². The van der Waals surface area contributed by atoms with Gasteiger partial charge in [0, 0.05) is 21.7 Å². The van der Waals surface area contributed by atoms with Crippen molar-refractivity contribution in [2.75, 3.05) is 5.73 Å². The zero-order chi connectivity index (χ0) is 13.6. The van der Waals surface area contributed by atoms with Crippen LogP contribution in [0.15, 0.2) is 47.9 Å². The van der Waals surface area contributed by atoms with Crippen molar-refractivity contribution in [1.82, 2.24) is 0 Å². The lowest BCUT2D eigenvalue weighted by Crippen LogP contribution is -2.17. The van der Waals surface area contributed by atoms with E-state index >= 15 is 0 Å². The fourth-order valence-electron chi connectivity index (χ4n) is 2.46. The number of carbonyl (C=O) groups is 1. The standard InChI is InChI=1S/C15H12N2OS/c1-8-9-4-2-3-5-10(9)15(18)14-11(16)6-7-12(19-17)13(8)14/h2-7H,1,16-17H2. The fraction of sp³-hybridized carbons (Fsp3) is 0. The second kappa shape index (κ2) is 4.26. The fourth-order valence-corrected chi connectivity index (χ4v) is 2.95. The molecule has 0 spiro atoms. The zero-order valence-electron chi connectivity index (χ0n) is 10.1. The summed E-state index contributed by atoms with van der Waals surface area (Å²) in [6.45, 7) is 4.10. The summed E-state index contributed by atoms with van der Waals surface area (Å²) in [6, 6.07) is 11.0. The van der Waals surface area contributed by atoms with Crippen LogP contribution in [0, 0.1) is 0 Å². The number of nitrogen functional groups attached to an aromatic ring is 1. The highest BCUT2D eigenvalue weighted by atomic mass is 32.2. The molecule has 0 atom stereocenters. The molecule has 4 heteroatoms. The molecule has 0 amide bonds. The Kier molecular flexibility index (Phi) is 2.69. The van der Waals surface area contributed by atoms with Crippen LogP contribution in [0.3, 0.4) is 0 Å². The van der Waals surface area contributed by atoms with Crippen molar-refractivity contribution >= 4 is 29.0 Å². The maximum absolute atomic E-state index is 12.6. The van der Waals surface area contributed by atoms with Crippen LogP contribution in [0.4, 0.5) is 5.69 Å². The molecule has 2 aromatic rings. The number of anilines is 1. The van der Waals surface area contributed by atoms with E-state index in [-0.39, 0.29) is 5.78 Å². The predicted molar refractivity (Wildman–Crippen MR) is 78.9 cm³/mol. The molecule has 4 N–H and O–H groups in total. The molecule has 0 fully saturated rings. The molecule has 0 aliphatic heterocycles. The smallest absolute Gasteiger partial charge is 0.196 e. The lowest BCUT2D eigenvalue weighted by atomic mass is 9.81. The summed E-state index contributed by atoms with van der Waals surface area (Å²) in [5.74, 6) is -0.0635. The molecule has 94 valence electrons. The number of hydrogen-bond donors (Lipinski definition) is 2. The highest BCUT2D eigenvalue weighted by molar-refractivity contribution is 7.97. The summed E-state index contributed by atoms with van der Waals surface area (Å²) in [7, 11) is 0. The maximum Gasteiger partial charge on any atom is 0.196 e. The number of carbonyl (C=O) groups excluding carboxylic acids is 1. The van der Waals surface area contributed by atoms with Crippen LogP contribution in [-0.2, 0) is 0 Å². The van der Waals surface area contributed by atoms with E-state index in [0.717, 1.165) is 33.5 Å². The summed E-state index contributed by atoms with van der Waals surface area (Å²) in [4.78, 5) is 13.4. The van der Waals surface area contributed by atoms with Gasteiger partial charge in [0.15, 0.2) is 5.78 Å². The minimum absolute atomic E-state index is 0.0635. The van der Waals surface area contributed by atoms with Gasteiger partial charge in [-0.15, -0.1) is 0 Å². The Labute approximate surface area is 115 Å². The van der Waals surface area contributed by atoms with Crippen molar-refractivity contribution in [3.8, 4) is 0 Å². The van der Waals surface area contributed by atoms with Crippen LogP contribution in [0.5, 0.6) is 0 Å². The maximum atomic E-state index is 12.6. The molecular weight excluding hydrogens is 256 g/mol. The summed E-state index contributed by atoms with van der Waals surface area (Å²) < 4.78 is 0. The molecule has 1 aliphatic rings. The first-order chi connectivity index (χ1) is 9.15. The van der Waals surface area contributed by atoms with Crippen molar-refractivity contribution in [2.24, 2.45) is 5.14 Å². The lowest BCUT2D eigenvalue weighted by molar-refractivity contribution is 0.103. The second-order valence-corrected chi connectivity index (χ2v) is 5.05. The van der Waals surface area contributed by atoms with Gasteiger partial charge in [0.1, 0.15) is 0 Å². The third kappa shape index (κ3) is 1.61. The summed E-state index contributed by atoms with van der Waals surface area (Å²) in [5, 5.41) is 5.68. The van der Waals surface area contributed by atoms with Crippen molar-refractivity contribution in [3.63, 3.8) is 0 Å². The second-order valence-electron chi connectivity index (χ2n) is 4.37. The molecule has 3 rings (SSSR count). The predicted octanol–water partition coefficient (Wildman–Crippen LogP) is 2.84. The molecule has 0 saturated carbocycles. The Bertz CT molecular complexity index is 722. The van der Waals surface area contributed by atoms with E-state index in [1.807, 2.05) is 24.3 Å². The van der Waals surface area contributed by atoms with Gasteiger partial charge in [-0.3, -0.25) is 9.93 Å². The number of fused-ring (bicyclic) bond motifs is 2. The molecule has 1 aliphatic carbocycles. The molecule has 2 aromatic carbocycles. The van der Waals surface area contributed by atoms with E-state index in [1.165, 1.54) is 0 Å². The van der Waals surface area contributed by atoms with Gasteiger partial charge in [-0.2, -0.15) is 0 Å². The third-order valence-corrected chi connectivity index (χ3v) is 3.95. The minimum atomic E-state index is -0.0635. The number of benzene rings is 2. The van der Waals surface area contributed by atoms with Crippen molar-refractivity contribution < 1.29 is 4.79 Å². The first kappa shape index (κ1) is 12.0. The van der Waals surface area contributed by atoms with E-state index in [9.17, 15) is 4.79 Å². The minimum Gasteiger partial charge on any atom is -0.398 e. The quantitative estimate of drug-likeness (QED) is 0.526. The third-order valence-electron chi connectivity index (χ3n) is 3.35. The van der Waals surface area contributed by atoms with Gasteiger partial charge in [-0.25, -0.2) is 0 Å². The van der Waals surface area contributed by atoms with Crippen LogP contribution < -0.4 is 10.9 Å². The lowest BCUT2D eigenvalue weighted by Gasteiger charge is -2.23. The first-order valence-electron chi connectivity index (χ1n) is 5.77. The first-order valence-corrected chi connectivity index (χ1v) is 6.65. The number of ketones is 1. The Morgan fingerprint density at radius 2 is 1.68 bits per heavy atom. The molecule has 19 heavy (non-hydrogen) atoms. The molecule has 3 nitrogen and oxygen atoms in total. The SMILES string of the molecule is C=C1c2ccccc2C(=O)c2c(N)ccc(SN)c21. The van der Waals surface area contributed by atoms with Crippen LogP contribution in [0.1, 0.15) is 27.0 Å². The largest absolute Gasteiger partial charge is 0.398 e. The average Bonchev–Trinajstić information content (AvgIpc) is 2.44. The normalized spacial score (nSPS) is 13.1. The monoisotopic (exact) mass is 268 g/mol. The van der Waals surface area contributed by atoms with E-state index < -0.39 is 0 Å². The molecule has 0 bridgehead atoms. The Balaban J connectivity index is 2.38. The van der Waals surface area contributed by atoms with Gasteiger partial charge in [-0.05, 0) is 35.2 Å². The molecular formula is C15H12N2OS. The number of hydrogen-bond acceptors (Lipinski definition) is 4. The van der Waals surface area contributed by atoms with Crippen molar-refractivity contribution in [3.05, 3.63) is 65.2 Å². The van der Waals surface area contributed by atoms with E-state index in [1.54, 1.807) is 12.1 Å². The van der Waals surface area contributed by atoms with Crippen LogP contribution >= 0.6 is 11.9 Å². The highest BCUT2D eigenvalue weighted by Crippen LogP contribution is 2.41. The Hall–Kier alpha value is -2.04. The van der Waals surface area contributed by atoms with Gasteiger partial charge in [0.05, 0.1) is 5.56 Å². The molecule has 0 aromatic heterocycles. The van der Waals surface area contributed by atoms with Crippen LogP contribution in [0.2, 0.25) is 0 Å². The zero-order valence-corrected chi connectivity index (χ0v) is 11.0. The summed E-state index contributed by atoms with van der Waals surface area (Å²) in [6.07, 6.45) is 0. The van der Waals surface area contributed by atoms with Crippen molar-refractivity contribution in [1.29, 1.82) is 0 Å². The van der Waals surface area contributed by atoms with Gasteiger partial charge < -0.3 is 5.73 Å². The highest BCUT2D eigenvalue weighted by Gasteiger charge is 2.29. The van der Waals surface area contributed by atoms with Crippen LogP contribution in [0.25, 0.3) is 5.57 Å².